The molecule has 0 aromatic carbocycles. The number of urea groups is 1. The van der Waals surface area contributed by atoms with Crippen molar-refractivity contribution >= 4 is 6.03 Å². The Morgan fingerprint density at radius 1 is 1.13 bits per heavy atom. The van der Waals surface area contributed by atoms with Crippen LogP contribution in [0.3, 0.4) is 0 Å². The highest BCUT2D eigenvalue weighted by atomic mass is 16.2. The van der Waals surface area contributed by atoms with E-state index in [2.05, 4.69) is 9.80 Å². The maximum Gasteiger partial charge on any atom is 0.320 e. The minimum atomic E-state index is 0.335. The molecule has 0 N–H and O–H groups in total. The number of hydrogen-bond donors (Lipinski definition) is 0. The van der Waals surface area contributed by atoms with Crippen LogP contribution in [0.25, 0.3) is 0 Å². The molecule has 3 heteroatoms. The van der Waals surface area contributed by atoms with Crippen LogP contribution in [-0.2, 0) is 0 Å². The second-order valence-electron chi connectivity index (χ2n) is 5.30. The van der Waals surface area contributed by atoms with Crippen molar-refractivity contribution in [3.05, 3.63) is 0 Å². The standard InChI is InChI=1S/C12H20N2O/c15-12(13-7-1-2-8-13)14(11-5-6-11)9-10-3-4-10/h10-11H,1-9H2. The van der Waals surface area contributed by atoms with Gasteiger partial charge in [0.05, 0.1) is 0 Å². The lowest BCUT2D eigenvalue weighted by Crippen LogP contribution is -2.44. The van der Waals surface area contributed by atoms with E-state index in [-0.39, 0.29) is 0 Å². The SMILES string of the molecule is O=C(N1CCCC1)N(CC1CC1)C1CC1. The summed E-state index contributed by atoms with van der Waals surface area (Å²) in [6.07, 6.45) is 7.58. The van der Waals surface area contributed by atoms with Crippen molar-refractivity contribution in [2.24, 2.45) is 5.92 Å². The third-order valence-corrected chi connectivity index (χ3v) is 3.76. The quantitative estimate of drug-likeness (QED) is 0.696. The third kappa shape index (κ3) is 2.11. The van der Waals surface area contributed by atoms with E-state index in [1.165, 1.54) is 38.5 Å². The zero-order chi connectivity index (χ0) is 10.3. The molecule has 0 atom stereocenters. The van der Waals surface area contributed by atoms with Gasteiger partial charge in [0.25, 0.3) is 0 Å². The van der Waals surface area contributed by atoms with E-state index in [1.807, 2.05) is 0 Å². The van der Waals surface area contributed by atoms with Gasteiger partial charge in [-0.25, -0.2) is 4.79 Å². The Balaban J connectivity index is 1.61. The van der Waals surface area contributed by atoms with E-state index >= 15 is 0 Å². The Hall–Kier alpha value is -0.730. The summed E-state index contributed by atoms with van der Waals surface area (Å²) in [5.41, 5.74) is 0. The van der Waals surface area contributed by atoms with Crippen LogP contribution in [0.5, 0.6) is 0 Å². The van der Waals surface area contributed by atoms with E-state index in [1.54, 1.807) is 0 Å². The fourth-order valence-electron chi connectivity index (χ4n) is 2.44. The minimum absolute atomic E-state index is 0.335. The summed E-state index contributed by atoms with van der Waals surface area (Å²) in [5.74, 6) is 0.831. The molecule has 2 amide bonds. The van der Waals surface area contributed by atoms with Crippen molar-refractivity contribution in [3.63, 3.8) is 0 Å². The van der Waals surface area contributed by atoms with Gasteiger partial charge in [-0.15, -0.1) is 0 Å². The molecule has 3 fully saturated rings. The first-order chi connectivity index (χ1) is 7.34. The molecule has 3 aliphatic rings. The first kappa shape index (κ1) is 9.49. The van der Waals surface area contributed by atoms with Crippen molar-refractivity contribution < 1.29 is 4.79 Å². The van der Waals surface area contributed by atoms with Gasteiger partial charge in [0.2, 0.25) is 0 Å². The highest BCUT2D eigenvalue weighted by Gasteiger charge is 2.38. The molecule has 2 aliphatic carbocycles. The Bertz CT molecular complexity index is 252. The summed E-state index contributed by atoms with van der Waals surface area (Å²) >= 11 is 0. The van der Waals surface area contributed by atoms with Crippen LogP contribution in [-0.4, -0.2) is 41.5 Å². The van der Waals surface area contributed by atoms with Crippen LogP contribution in [0.4, 0.5) is 4.79 Å². The van der Waals surface area contributed by atoms with Crippen LogP contribution in [0, 0.1) is 5.92 Å². The number of rotatable bonds is 3. The van der Waals surface area contributed by atoms with Crippen molar-refractivity contribution in [2.75, 3.05) is 19.6 Å². The van der Waals surface area contributed by atoms with E-state index in [4.69, 9.17) is 0 Å². The van der Waals surface area contributed by atoms with Crippen molar-refractivity contribution in [2.45, 2.75) is 44.6 Å². The number of carbonyl (C=O) groups excluding carboxylic acids is 1. The average Bonchev–Trinajstić information content (AvgIpc) is 3.14. The molecular weight excluding hydrogens is 188 g/mol. The molecule has 2 saturated carbocycles. The largest absolute Gasteiger partial charge is 0.325 e. The van der Waals surface area contributed by atoms with Gasteiger partial charge in [-0.2, -0.15) is 0 Å². The molecule has 1 aliphatic heterocycles. The summed E-state index contributed by atoms with van der Waals surface area (Å²) < 4.78 is 0. The summed E-state index contributed by atoms with van der Waals surface area (Å²) in [7, 11) is 0. The van der Waals surface area contributed by atoms with Gasteiger partial charge < -0.3 is 9.80 Å². The molecule has 15 heavy (non-hydrogen) atoms. The zero-order valence-electron chi connectivity index (χ0n) is 9.32. The van der Waals surface area contributed by atoms with Crippen LogP contribution < -0.4 is 0 Å². The number of likely N-dealkylation sites (tertiary alicyclic amines) is 1. The molecule has 0 aromatic heterocycles. The monoisotopic (exact) mass is 208 g/mol. The van der Waals surface area contributed by atoms with E-state index in [0.29, 0.717) is 12.1 Å². The fourth-order valence-corrected chi connectivity index (χ4v) is 2.44. The number of hydrogen-bond acceptors (Lipinski definition) is 1. The Kier molecular flexibility index (Phi) is 2.33. The van der Waals surface area contributed by atoms with Crippen molar-refractivity contribution in [3.8, 4) is 0 Å². The van der Waals surface area contributed by atoms with Crippen LogP contribution in [0.2, 0.25) is 0 Å². The van der Waals surface area contributed by atoms with E-state index in [9.17, 15) is 4.79 Å². The van der Waals surface area contributed by atoms with E-state index < -0.39 is 0 Å². The van der Waals surface area contributed by atoms with Crippen molar-refractivity contribution in [1.29, 1.82) is 0 Å². The van der Waals surface area contributed by atoms with Gasteiger partial charge in [-0.1, -0.05) is 0 Å². The second kappa shape index (κ2) is 3.69. The van der Waals surface area contributed by atoms with Gasteiger partial charge in [0.15, 0.2) is 0 Å². The van der Waals surface area contributed by atoms with Gasteiger partial charge in [0, 0.05) is 25.7 Å². The topological polar surface area (TPSA) is 23.6 Å². The predicted octanol–water partition coefficient (Wildman–Crippen LogP) is 2.08. The van der Waals surface area contributed by atoms with Gasteiger partial charge in [0.1, 0.15) is 0 Å². The molecule has 3 nitrogen and oxygen atoms in total. The molecule has 1 heterocycles. The molecule has 3 rings (SSSR count). The third-order valence-electron chi connectivity index (χ3n) is 3.76. The number of nitrogens with zero attached hydrogens (tertiary/aromatic N) is 2. The fraction of sp³-hybridized carbons (Fsp3) is 0.917. The summed E-state index contributed by atoms with van der Waals surface area (Å²) in [5, 5.41) is 0. The Labute approximate surface area is 91.4 Å². The first-order valence-electron chi connectivity index (χ1n) is 6.40. The van der Waals surface area contributed by atoms with Crippen LogP contribution in [0.15, 0.2) is 0 Å². The smallest absolute Gasteiger partial charge is 0.320 e. The lowest BCUT2D eigenvalue weighted by molar-refractivity contribution is 0.157. The van der Waals surface area contributed by atoms with Gasteiger partial charge in [-0.05, 0) is 44.4 Å². The molecule has 0 radical (unpaired) electrons. The summed E-state index contributed by atoms with van der Waals surface area (Å²) in [4.78, 5) is 16.5. The normalized spacial score (nSPS) is 25.7. The highest BCUT2D eigenvalue weighted by Crippen LogP contribution is 2.35. The van der Waals surface area contributed by atoms with Crippen LogP contribution >= 0.6 is 0 Å². The second-order valence-corrected chi connectivity index (χ2v) is 5.30. The molecule has 0 spiro atoms. The summed E-state index contributed by atoms with van der Waals surface area (Å²) in [6, 6.07) is 0.931. The minimum Gasteiger partial charge on any atom is -0.325 e. The number of amides is 2. The number of carbonyl (C=O) groups is 1. The lowest BCUT2D eigenvalue weighted by Gasteiger charge is -2.28. The van der Waals surface area contributed by atoms with Crippen LogP contribution in [0.1, 0.15) is 38.5 Å². The van der Waals surface area contributed by atoms with Gasteiger partial charge >= 0.3 is 6.03 Å². The lowest BCUT2D eigenvalue weighted by atomic mass is 10.3. The molecule has 84 valence electrons. The summed E-state index contributed by atoms with van der Waals surface area (Å²) in [6.45, 7) is 3.03. The Morgan fingerprint density at radius 2 is 1.80 bits per heavy atom. The van der Waals surface area contributed by atoms with Gasteiger partial charge in [-0.3, -0.25) is 0 Å². The first-order valence-corrected chi connectivity index (χ1v) is 6.40. The maximum absolute atomic E-state index is 12.2. The molecule has 0 unspecified atom stereocenters. The molecule has 0 aromatic rings. The maximum atomic E-state index is 12.2. The average molecular weight is 208 g/mol. The van der Waals surface area contributed by atoms with Crippen molar-refractivity contribution in [1.82, 2.24) is 9.80 Å². The predicted molar refractivity (Wildman–Crippen MR) is 58.7 cm³/mol. The zero-order valence-corrected chi connectivity index (χ0v) is 9.32. The molecule has 0 bridgehead atoms. The molecule has 1 saturated heterocycles. The molecular formula is C12H20N2O. The Morgan fingerprint density at radius 3 is 2.33 bits per heavy atom. The highest BCUT2D eigenvalue weighted by molar-refractivity contribution is 5.75. The van der Waals surface area contributed by atoms with E-state index in [0.717, 1.165) is 25.6 Å².